The smallest absolute Gasteiger partial charge is 0.129 e. The molecule has 2 atom stereocenters. The van der Waals surface area contributed by atoms with Crippen LogP contribution in [0.4, 0.5) is 0 Å². The molecule has 6 heteroatoms. The highest BCUT2D eigenvalue weighted by molar-refractivity contribution is 9.10. The molecule has 0 saturated heterocycles. The van der Waals surface area contributed by atoms with Crippen LogP contribution in [-0.2, 0) is 0 Å². The van der Waals surface area contributed by atoms with Crippen LogP contribution < -0.4 is 0 Å². The van der Waals surface area contributed by atoms with E-state index in [4.69, 9.17) is 11.6 Å². The van der Waals surface area contributed by atoms with E-state index in [2.05, 4.69) is 36.8 Å². The van der Waals surface area contributed by atoms with Crippen LogP contribution in [0.2, 0.25) is 5.15 Å². The Hall–Kier alpha value is 0.320. The molecule has 0 aromatic carbocycles. The molecular formula is C9H10Br2ClNO2. The van der Waals surface area contributed by atoms with Gasteiger partial charge >= 0.3 is 0 Å². The Morgan fingerprint density at radius 2 is 2.13 bits per heavy atom. The maximum atomic E-state index is 9.84. The lowest BCUT2D eigenvalue weighted by molar-refractivity contribution is 0.0169. The van der Waals surface area contributed by atoms with E-state index in [0.717, 1.165) is 0 Å². The molecule has 1 heterocycles. The second-order valence-corrected chi connectivity index (χ2v) is 5.05. The van der Waals surface area contributed by atoms with Crippen molar-refractivity contribution in [2.24, 2.45) is 0 Å². The van der Waals surface area contributed by atoms with Crippen LogP contribution in [0.5, 0.6) is 0 Å². The van der Waals surface area contributed by atoms with Gasteiger partial charge in [-0.25, -0.2) is 4.98 Å². The molecule has 0 amide bonds. The second kappa shape index (κ2) is 6.15. The van der Waals surface area contributed by atoms with E-state index in [1.165, 1.54) is 12.3 Å². The molecule has 84 valence electrons. The average molecular weight is 359 g/mol. The summed E-state index contributed by atoms with van der Waals surface area (Å²) in [4.78, 5) is 3.84. The first-order valence-electron chi connectivity index (χ1n) is 4.29. The Kier molecular flexibility index (Phi) is 5.49. The van der Waals surface area contributed by atoms with Gasteiger partial charge in [0.25, 0.3) is 0 Å². The first-order chi connectivity index (χ1) is 7.06. The molecule has 1 aromatic rings. The van der Waals surface area contributed by atoms with Crippen LogP contribution in [0.15, 0.2) is 16.7 Å². The van der Waals surface area contributed by atoms with Crippen LogP contribution in [-0.4, -0.2) is 26.6 Å². The third-order valence-electron chi connectivity index (χ3n) is 1.94. The standard InChI is InChI=1S/C9H10Br2ClNO2/c10-2-1-7(14)9(15)5-3-8(12)13-4-6(5)11/h3-4,7,9,14-15H,1-2H2. The van der Waals surface area contributed by atoms with Gasteiger partial charge in [-0.3, -0.25) is 0 Å². The Labute approximate surface area is 110 Å². The molecule has 15 heavy (non-hydrogen) atoms. The van der Waals surface area contributed by atoms with Gasteiger partial charge in [0.2, 0.25) is 0 Å². The van der Waals surface area contributed by atoms with Gasteiger partial charge in [0.15, 0.2) is 0 Å². The average Bonchev–Trinajstić information content (AvgIpc) is 2.21. The number of pyridine rings is 1. The van der Waals surface area contributed by atoms with Crippen LogP contribution in [0.3, 0.4) is 0 Å². The Morgan fingerprint density at radius 1 is 1.47 bits per heavy atom. The molecule has 3 nitrogen and oxygen atoms in total. The van der Waals surface area contributed by atoms with Crippen LogP contribution in [0, 0.1) is 0 Å². The highest BCUT2D eigenvalue weighted by Gasteiger charge is 2.20. The van der Waals surface area contributed by atoms with Crippen molar-refractivity contribution in [3.63, 3.8) is 0 Å². The van der Waals surface area contributed by atoms with Gasteiger partial charge in [0.1, 0.15) is 11.3 Å². The zero-order valence-corrected chi connectivity index (χ0v) is 11.6. The number of nitrogens with zero attached hydrogens (tertiary/aromatic N) is 1. The molecule has 0 bridgehead atoms. The summed E-state index contributed by atoms with van der Waals surface area (Å²) in [5, 5.41) is 20.4. The molecule has 0 radical (unpaired) electrons. The third kappa shape index (κ3) is 3.67. The van der Waals surface area contributed by atoms with E-state index in [-0.39, 0.29) is 0 Å². The molecule has 0 saturated carbocycles. The van der Waals surface area contributed by atoms with Crippen LogP contribution in [0.1, 0.15) is 18.1 Å². The summed E-state index contributed by atoms with van der Waals surface area (Å²) < 4.78 is 0.632. The maximum Gasteiger partial charge on any atom is 0.129 e. The molecular weight excluding hydrogens is 349 g/mol. The first-order valence-corrected chi connectivity index (χ1v) is 6.58. The zero-order chi connectivity index (χ0) is 11.4. The SMILES string of the molecule is OC(CCBr)C(O)c1cc(Cl)ncc1Br. The predicted molar refractivity (Wildman–Crippen MR) is 66.3 cm³/mol. The highest BCUT2D eigenvalue weighted by Crippen LogP contribution is 2.28. The number of alkyl halides is 1. The summed E-state index contributed by atoms with van der Waals surface area (Å²) in [6.45, 7) is 0. The molecule has 0 spiro atoms. The van der Waals surface area contributed by atoms with Crippen molar-refractivity contribution in [1.29, 1.82) is 0 Å². The fourth-order valence-corrected chi connectivity index (χ4v) is 2.22. The van der Waals surface area contributed by atoms with Gasteiger partial charge in [-0.1, -0.05) is 27.5 Å². The Morgan fingerprint density at radius 3 is 2.73 bits per heavy atom. The molecule has 0 aliphatic rings. The lowest BCUT2D eigenvalue weighted by Crippen LogP contribution is -2.19. The van der Waals surface area contributed by atoms with E-state index in [9.17, 15) is 10.2 Å². The van der Waals surface area contributed by atoms with Crippen LogP contribution >= 0.6 is 43.5 Å². The van der Waals surface area contributed by atoms with E-state index < -0.39 is 12.2 Å². The second-order valence-electron chi connectivity index (χ2n) is 3.02. The number of aliphatic hydroxyl groups excluding tert-OH is 2. The van der Waals surface area contributed by atoms with Gasteiger partial charge < -0.3 is 10.2 Å². The lowest BCUT2D eigenvalue weighted by Gasteiger charge is -2.18. The third-order valence-corrected chi connectivity index (χ3v) is 3.27. The maximum absolute atomic E-state index is 9.84. The Bertz CT molecular complexity index is 338. The summed E-state index contributed by atoms with van der Waals surface area (Å²) in [6.07, 6.45) is 0.187. The normalized spacial score (nSPS) is 15.0. The molecule has 1 rings (SSSR count). The largest absolute Gasteiger partial charge is 0.390 e. The van der Waals surface area contributed by atoms with Gasteiger partial charge in [0, 0.05) is 21.6 Å². The van der Waals surface area contributed by atoms with E-state index >= 15 is 0 Å². The van der Waals surface area contributed by atoms with Crippen molar-refractivity contribution >= 4 is 43.5 Å². The van der Waals surface area contributed by atoms with E-state index in [1.54, 1.807) is 0 Å². The van der Waals surface area contributed by atoms with Gasteiger partial charge in [0.05, 0.1) is 6.10 Å². The predicted octanol–water partition coefficient (Wildman–Crippen LogP) is 2.68. The van der Waals surface area contributed by atoms with Crippen LogP contribution in [0.25, 0.3) is 0 Å². The fraction of sp³-hybridized carbons (Fsp3) is 0.444. The minimum absolute atomic E-state index is 0.290. The van der Waals surface area contributed by atoms with Crippen molar-refractivity contribution in [3.8, 4) is 0 Å². The Balaban J connectivity index is 2.89. The van der Waals surface area contributed by atoms with Crippen molar-refractivity contribution in [3.05, 3.63) is 27.5 Å². The number of hydrogen-bond donors (Lipinski definition) is 2. The monoisotopic (exact) mass is 357 g/mol. The molecule has 1 aromatic heterocycles. The summed E-state index contributed by atoms with van der Waals surface area (Å²) in [5.41, 5.74) is 0.545. The minimum atomic E-state index is -0.961. The molecule has 2 N–H and O–H groups in total. The molecule has 0 aliphatic carbocycles. The first kappa shape index (κ1) is 13.4. The number of aromatic nitrogens is 1. The van der Waals surface area contributed by atoms with Gasteiger partial charge in [-0.2, -0.15) is 0 Å². The number of hydrogen-bond acceptors (Lipinski definition) is 3. The van der Waals surface area contributed by atoms with E-state index in [0.29, 0.717) is 26.9 Å². The number of halogens is 3. The summed E-state index contributed by atoms with van der Waals surface area (Å²) in [7, 11) is 0. The molecule has 0 aliphatic heterocycles. The topological polar surface area (TPSA) is 53.4 Å². The minimum Gasteiger partial charge on any atom is -0.390 e. The van der Waals surface area contributed by atoms with Crippen molar-refractivity contribution in [1.82, 2.24) is 4.98 Å². The summed E-state index contributed by atoms with van der Waals surface area (Å²) in [6, 6.07) is 1.54. The quantitative estimate of drug-likeness (QED) is 0.642. The van der Waals surface area contributed by atoms with E-state index in [1.807, 2.05) is 0 Å². The summed E-state index contributed by atoms with van der Waals surface area (Å²) >= 11 is 12.2. The van der Waals surface area contributed by atoms with Gasteiger partial charge in [-0.15, -0.1) is 0 Å². The molecule has 0 fully saturated rings. The van der Waals surface area contributed by atoms with Crippen molar-refractivity contribution in [2.45, 2.75) is 18.6 Å². The lowest BCUT2D eigenvalue weighted by atomic mass is 10.0. The number of rotatable bonds is 4. The van der Waals surface area contributed by atoms with Crippen molar-refractivity contribution < 1.29 is 10.2 Å². The van der Waals surface area contributed by atoms with Gasteiger partial charge in [-0.05, 0) is 28.4 Å². The molecule has 2 unspecified atom stereocenters. The fourth-order valence-electron chi connectivity index (χ4n) is 1.13. The zero-order valence-electron chi connectivity index (χ0n) is 7.70. The number of aliphatic hydroxyl groups is 2. The van der Waals surface area contributed by atoms with Crippen molar-refractivity contribution in [2.75, 3.05) is 5.33 Å². The summed E-state index contributed by atoms with van der Waals surface area (Å²) in [5.74, 6) is 0. The highest BCUT2D eigenvalue weighted by atomic mass is 79.9.